The second-order valence-electron chi connectivity index (χ2n) is 5.93. The van der Waals surface area contributed by atoms with Crippen LogP contribution in [0.5, 0.6) is 0 Å². The summed E-state index contributed by atoms with van der Waals surface area (Å²) in [5.41, 5.74) is 3.28. The van der Waals surface area contributed by atoms with E-state index in [1.807, 2.05) is 37.3 Å². The van der Waals surface area contributed by atoms with Crippen molar-refractivity contribution in [1.29, 1.82) is 0 Å². The molecule has 0 aliphatic carbocycles. The number of nitrogens with one attached hydrogen (secondary N) is 1. The summed E-state index contributed by atoms with van der Waals surface area (Å²) < 4.78 is 31.5. The fraction of sp³-hybridized carbons (Fsp3) is 0.0476. The molecule has 4 aromatic rings. The van der Waals surface area contributed by atoms with Crippen LogP contribution in [0.2, 0.25) is 0 Å². The smallest absolute Gasteiger partial charge is 0.174 e. The Kier molecular flexibility index (Phi) is 5.62. The first kappa shape index (κ1) is 19.1. The molecule has 4 rings (SSSR count). The van der Waals surface area contributed by atoms with Crippen LogP contribution in [0.15, 0.2) is 71.1 Å². The Morgan fingerprint density at radius 1 is 0.889 bits per heavy atom. The van der Waals surface area contributed by atoms with Crippen LogP contribution >= 0.6 is 0 Å². The number of H-pyrrole nitrogens is 1. The van der Waals surface area contributed by atoms with Crippen LogP contribution in [0.3, 0.4) is 0 Å². The zero-order valence-electron chi connectivity index (χ0n) is 14.4. The minimum atomic E-state index is -1.72. The van der Waals surface area contributed by atoms with E-state index in [2.05, 4.69) is 9.97 Å². The molecule has 0 unspecified atom stereocenters. The molecular weight excluding hydrogens is 518 g/mol. The number of imidazole rings is 1. The fourth-order valence-corrected chi connectivity index (χ4v) is 2.86. The van der Waals surface area contributed by atoms with Crippen molar-refractivity contribution >= 4 is 0 Å². The van der Waals surface area contributed by atoms with Crippen LogP contribution < -0.4 is 0 Å². The Hall–Kier alpha value is -2.65. The van der Waals surface area contributed by atoms with E-state index in [-0.39, 0.29) is 26.6 Å². The van der Waals surface area contributed by atoms with Gasteiger partial charge >= 0.3 is 0 Å². The summed E-state index contributed by atoms with van der Waals surface area (Å²) in [6, 6.07) is 19.5. The zero-order chi connectivity index (χ0) is 18.1. The summed E-state index contributed by atoms with van der Waals surface area (Å²) in [6.07, 6.45) is -1.72. The minimum Gasteiger partial charge on any atom is -0.454 e. The molecule has 3 nitrogen and oxygen atoms in total. The summed E-state index contributed by atoms with van der Waals surface area (Å²) >= 11 is 0. The number of benzene rings is 2. The first-order valence-corrected chi connectivity index (χ1v) is 8.13. The SMILES string of the molecule is Cc1[nH]c(-c2ccc(-c3cccc([C-](F)F)c3)o2)nc1-c1ccccc1.[W]. The van der Waals surface area contributed by atoms with E-state index >= 15 is 0 Å². The maximum absolute atomic E-state index is 12.8. The average Bonchev–Trinajstić information content (AvgIpc) is 3.29. The maximum atomic E-state index is 12.8. The van der Waals surface area contributed by atoms with Gasteiger partial charge in [0.05, 0.1) is 5.69 Å². The molecule has 0 bridgehead atoms. The second-order valence-corrected chi connectivity index (χ2v) is 5.93. The molecule has 0 fully saturated rings. The van der Waals surface area contributed by atoms with Gasteiger partial charge in [0.15, 0.2) is 18.0 Å². The summed E-state index contributed by atoms with van der Waals surface area (Å²) in [7, 11) is 0. The molecule has 27 heavy (non-hydrogen) atoms. The maximum Gasteiger partial charge on any atom is 0.174 e. The van der Waals surface area contributed by atoms with Crippen LogP contribution in [0.1, 0.15) is 11.3 Å². The van der Waals surface area contributed by atoms with E-state index in [0.29, 0.717) is 22.9 Å². The molecule has 0 atom stereocenters. The molecule has 0 aliphatic rings. The first-order valence-electron chi connectivity index (χ1n) is 8.13. The number of hydrogen-bond donors (Lipinski definition) is 1. The monoisotopic (exact) mass is 533 g/mol. The molecule has 1 N–H and O–H groups in total. The average molecular weight is 533 g/mol. The van der Waals surface area contributed by atoms with Crippen molar-refractivity contribution in [3.05, 3.63) is 84.4 Å². The number of aromatic amines is 1. The quantitative estimate of drug-likeness (QED) is 0.323. The van der Waals surface area contributed by atoms with Gasteiger partial charge in [-0.1, -0.05) is 36.4 Å². The van der Waals surface area contributed by atoms with Crippen molar-refractivity contribution in [3.63, 3.8) is 0 Å². The fourth-order valence-electron chi connectivity index (χ4n) is 2.86. The van der Waals surface area contributed by atoms with Crippen LogP contribution in [-0.2, 0) is 21.1 Å². The predicted octanol–water partition coefficient (Wildman–Crippen LogP) is 6.09. The van der Waals surface area contributed by atoms with Gasteiger partial charge in [0, 0.05) is 32.3 Å². The first-order chi connectivity index (χ1) is 12.6. The Morgan fingerprint density at radius 2 is 1.59 bits per heavy atom. The van der Waals surface area contributed by atoms with Crippen molar-refractivity contribution in [1.82, 2.24) is 9.97 Å². The van der Waals surface area contributed by atoms with Crippen molar-refractivity contribution < 1.29 is 34.3 Å². The molecule has 0 amide bonds. The van der Waals surface area contributed by atoms with Gasteiger partial charge < -0.3 is 9.40 Å². The molecule has 2 aromatic carbocycles. The van der Waals surface area contributed by atoms with Crippen LogP contribution in [0.25, 0.3) is 34.2 Å². The molecule has 6 heteroatoms. The molecule has 2 aromatic heterocycles. The molecule has 0 aliphatic heterocycles. The van der Waals surface area contributed by atoms with E-state index in [1.54, 1.807) is 24.3 Å². The van der Waals surface area contributed by atoms with Crippen LogP contribution in [-0.4, -0.2) is 9.97 Å². The van der Waals surface area contributed by atoms with Crippen LogP contribution in [0, 0.1) is 13.3 Å². The Labute approximate surface area is 169 Å². The summed E-state index contributed by atoms with van der Waals surface area (Å²) in [5.74, 6) is 1.67. The molecule has 0 saturated heterocycles. The largest absolute Gasteiger partial charge is 0.454 e. The van der Waals surface area contributed by atoms with Crippen molar-refractivity contribution in [2.24, 2.45) is 0 Å². The number of aromatic nitrogens is 2. The molecule has 0 spiro atoms. The van der Waals surface area contributed by atoms with Crippen molar-refractivity contribution in [2.45, 2.75) is 6.92 Å². The topological polar surface area (TPSA) is 41.8 Å². The van der Waals surface area contributed by atoms with E-state index in [9.17, 15) is 8.78 Å². The number of halogens is 2. The number of nitrogens with zero attached hydrogens (tertiary/aromatic N) is 1. The van der Waals surface area contributed by atoms with Gasteiger partial charge in [0.1, 0.15) is 5.76 Å². The van der Waals surface area contributed by atoms with E-state index < -0.39 is 6.43 Å². The predicted molar refractivity (Wildman–Crippen MR) is 96.5 cm³/mol. The Balaban J connectivity index is 0.00000210. The van der Waals surface area contributed by atoms with Gasteiger partial charge in [-0.3, -0.25) is 8.78 Å². The van der Waals surface area contributed by atoms with Gasteiger partial charge in [0.25, 0.3) is 0 Å². The molecule has 0 radical (unpaired) electrons. The normalized spacial score (nSPS) is 10.5. The van der Waals surface area contributed by atoms with Gasteiger partial charge in [-0.2, -0.15) is 6.07 Å². The number of hydrogen-bond acceptors (Lipinski definition) is 2. The summed E-state index contributed by atoms with van der Waals surface area (Å²) in [6.45, 7) is 1.95. The molecule has 136 valence electrons. The third-order valence-corrected chi connectivity index (χ3v) is 4.14. The van der Waals surface area contributed by atoms with Crippen LogP contribution in [0.4, 0.5) is 8.78 Å². The van der Waals surface area contributed by atoms with Gasteiger partial charge in [-0.15, -0.1) is 17.7 Å². The standard InChI is InChI=1S/C21H15F2N2O.W/c1-13-19(14-6-3-2-4-7-14)25-21(24-13)18-11-10-17(26-18)15-8-5-9-16(12-15)20(22)23;/h2-12H,1H3,(H,24,25);/q-1;. The Bertz CT molecular complexity index is 1040. The minimum absolute atomic E-state index is 0. The Morgan fingerprint density at radius 3 is 2.33 bits per heavy atom. The summed E-state index contributed by atoms with van der Waals surface area (Å²) in [5, 5.41) is 0. The van der Waals surface area contributed by atoms with E-state index in [4.69, 9.17) is 4.42 Å². The number of aryl methyl sites for hydroxylation is 1. The third kappa shape index (κ3) is 3.88. The van der Waals surface area contributed by atoms with Gasteiger partial charge in [0.2, 0.25) is 0 Å². The molecule has 2 heterocycles. The number of furan rings is 1. The molecule has 0 saturated carbocycles. The second kappa shape index (κ2) is 7.93. The van der Waals surface area contributed by atoms with E-state index in [0.717, 1.165) is 17.0 Å². The van der Waals surface area contributed by atoms with Gasteiger partial charge in [-0.25, -0.2) is 4.98 Å². The summed E-state index contributed by atoms with van der Waals surface area (Å²) in [4.78, 5) is 7.85. The number of rotatable bonds is 4. The van der Waals surface area contributed by atoms with Crippen molar-refractivity contribution in [3.8, 4) is 34.2 Å². The van der Waals surface area contributed by atoms with Crippen molar-refractivity contribution in [2.75, 3.05) is 0 Å². The zero-order valence-corrected chi connectivity index (χ0v) is 17.3. The molecular formula is C21H15F2N2OW-. The van der Waals surface area contributed by atoms with E-state index in [1.165, 1.54) is 12.1 Å². The van der Waals surface area contributed by atoms with Gasteiger partial charge in [-0.05, 0) is 24.6 Å². The third-order valence-electron chi connectivity index (χ3n) is 4.14.